The van der Waals surface area contributed by atoms with Gasteiger partial charge in [0.1, 0.15) is 18.8 Å². The van der Waals surface area contributed by atoms with Crippen LogP contribution in [0, 0.1) is 0 Å². The summed E-state index contributed by atoms with van der Waals surface area (Å²) in [5.74, 6) is 0.710. The van der Waals surface area contributed by atoms with E-state index in [1.165, 1.54) is 4.90 Å². The Hall–Kier alpha value is -0.130. The molecule has 0 aliphatic heterocycles. The Labute approximate surface area is 181 Å². The summed E-state index contributed by atoms with van der Waals surface area (Å²) in [5.41, 5.74) is 2.13. The quantitative estimate of drug-likeness (QED) is 0.272. The molecule has 1 aromatic carbocycles. The Morgan fingerprint density at radius 3 is 1.58 bits per heavy atom. The van der Waals surface area contributed by atoms with Gasteiger partial charge in [-0.3, -0.25) is 0 Å². The number of nitrogens with zero attached hydrogens (tertiary/aromatic N) is 3. The molecule has 0 radical (unpaired) electrons. The standard InChI is InChI=1S/C17H31N3O2.2HI/c1-18(2)17(21)22-16-14(12-19(3,4)5)10-9-11-15(16)13-20(6,7)8;;/h9-11H,12-13H2,1-8H3;2*1H/q+2;;/p-2. The zero-order valence-electron chi connectivity index (χ0n) is 16.1. The molecule has 0 N–H and O–H groups in total. The van der Waals surface area contributed by atoms with Crippen LogP contribution >= 0.6 is 0 Å². The monoisotopic (exact) mass is 563 g/mol. The fraction of sp³-hybridized carbons (Fsp3) is 0.588. The lowest BCUT2D eigenvalue weighted by atomic mass is 10.1. The van der Waals surface area contributed by atoms with E-state index in [9.17, 15) is 4.79 Å². The largest absolute Gasteiger partial charge is 1.00 e. The predicted octanol–water partition coefficient (Wildman–Crippen LogP) is -3.83. The minimum Gasteiger partial charge on any atom is -1.00 e. The number of para-hydroxylation sites is 1. The molecule has 24 heavy (non-hydrogen) atoms. The van der Waals surface area contributed by atoms with Crippen molar-refractivity contribution in [3.63, 3.8) is 0 Å². The number of halogens is 2. The molecule has 140 valence electrons. The van der Waals surface area contributed by atoms with Crippen molar-refractivity contribution in [3.8, 4) is 5.75 Å². The third-order valence-corrected chi connectivity index (χ3v) is 3.02. The molecule has 0 aliphatic rings. The number of amides is 1. The van der Waals surface area contributed by atoms with E-state index in [0.717, 1.165) is 33.2 Å². The highest BCUT2D eigenvalue weighted by molar-refractivity contribution is 5.71. The molecule has 1 aromatic rings. The molecule has 0 aromatic heterocycles. The minimum absolute atomic E-state index is 0. The van der Waals surface area contributed by atoms with Gasteiger partial charge < -0.3 is 66.6 Å². The second-order valence-corrected chi connectivity index (χ2v) is 8.06. The topological polar surface area (TPSA) is 29.5 Å². The fourth-order valence-corrected chi connectivity index (χ4v) is 2.22. The summed E-state index contributed by atoms with van der Waals surface area (Å²) in [7, 11) is 16.2. The highest BCUT2D eigenvalue weighted by atomic mass is 127. The minimum atomic E-state index is -0.337. The zero-order chi connectivity index (χ0) is 17.1. The van der Waals surface area contributed by atoms with E-state index in [-0.39, 0.29) is 54.0 Å². The highest BCUT2D eigenvalue weighted by Gasteiger charge is 2.22. The Kier molecular flexibility index (Phi) is 11.0. The van der Waals surface area contributed by atoms with Gasteiger partial charge in [-0.15, -0.1) is 0 Å². The normalized spacial score (nSPS) is 11.2. The lowest BCUT2D eigenvalue weighted by Gasteiger charge is -2.28. The highest BCUT2D eigenvalue weighted by Crippen LogP contribution is 2.28. The molecule has 0 saturated carbocycles. The van der Waals surface area contributed by atoms with Gasteiger partial charge in [0.2, 0.25) is 0 Å². The average molecular weight is 563 g/mol. The van der Waals surface area contributed by atoms with Gasteiger partial charge in [-0.05, 0) is 12.1 Å². The van der Waals surface area contributed by atoms with E-state index in [0.29, 0.717) is 5.75 Å². The molecule has 0 atom stereocenters. The Morgan fingerprint density at radius 2 is 1.29 bits per heavy atom. The summed E-state index contributed by atoms with van der Waals surface area (Å²) >= 11 is 0. The van der Waals surface area contributed by atoms with Crippen molar-refractivity contribution in [3.05, 3.63) is 29.3 Å². The van der Waals surface area contributed by atoms with Gasteiger partial charge in [0.05, 0.1) is 42.3 Å². The summed E-state index contributed by atoms with van der Waals surface area (Å²) in [4.78, 5) is 13.5. The summed E-state index contributed by atoms with van der Waals surface area (Å²) in [6, 6.07) is 6.13. The summed E-state index contributed by atoms with van der Waals surface area (Å²) in [5, 5.41) is 0. The SMILES string of the molecule is CN(C)C(=O)Oc1c(C[N+](C)(C)C)cccc1C[N+](C)(C)C.[I-].[I-]. The van der Waals surface area contributed by atoms with Gasteiger partial charge in [0.25, 0.3) is 0 Å². The number of rotatable bonds is 5. The molecule has 0 spiro atoms. The van der Waals surface area contributed by atoms with Crippen LogP contribution in [0.3, 0.4) is 0 Å². The second kappa shape index (κ2) is 10.1. The summed E-state index contributed by atoms with van der Waals surface area (Å²) in [6.45, 7) is 1.61. The first-order valence-corrected chi connectivity index (χ1v) is 7.50. The number of benzene rings is 1. The number of hydrogen-bond donors (Lipinski definition) is 0. The molecule has 5 nitrogen and oxygen atoms in total. The number of hydrogen-bond acceptors (Lipinski definition) is 2. The average Bonchev–Trinajstić information content (AvgIpc) is 2.29. The van der Waals surface area contributed by atoms with Gasteiger partial charge in [-0.25, -0.2) is 4.79 Å². The lowest BCUT2D eigenvalue weighted by Crippen LogP contribution is -3.00. The van der Waals surface area contributed by atoms with E-state index in [1.807, 2.05) is 18.2 Å². The zero-order valence-corrected chi connectivity index (χ0v) is 20.4. The van der Waals surface area contributed by atoms with Gasteiger partial charge in [-0.2, -0.15) is 0 Å². The maximum Gasteiger partial charge on any atom is 0.414 e. The number of carbonyl (C=O) groups is 1. The molecule has 1 rings (SSSR count). The van der Waals surface area contributed by atoms with Crippen molar-refractivity contribution in [2.45, 2.75) is 13.1 Å². The van der Waals surface area contributed by atoms with Crippen LogP contribution < -0.4 is 52.7 Å². The van der Waals surface area contributed by atoms with E-state index in [4.69, 9.17) is 4.74 Å². The van der Waals surface area contributed by atoms with Gasteiger partial charge in [0, 0.05) is 25.2 Å². The van der Waals surface area contributed by atoms with Crippen LogP contribution in [0.2, 0.25) is 0 Å². The van der Waals surface area contributed by atoms with Crippen molar-refractivity contribution in [2.24, 2.45) is 0 Å². The molecule has 0 unspecified atom stereocenters. The predicted molar refractivity (Wildman–Crippen MR) is 89.6 cm³/mol. The third-order valence-electron chi connectivity index (χ3n) is 3.02. The smallest absolute Gasteiger partial charge is 0.414 e. The van der Waals surface area contributed by atoms with Gasteiger partial charge >= 0.3 is 6.09 Å². The van der Waals surface area contributed by atoms with Gasteiger partial charge in [-0.1, -0.05) is 6.07 Å². The van der Waals surface area contributed by atoms with Crippen molar-refractivity contribution in [1.82, 2.24) is 4.90 Å². The first-order valence-electron chi connectivity index (χ1n) is 7.50. The van der Waals surface area contributed by atoms with E-state index in [1.54, 1.807) is 14.1 Å². The molecule has 0 fully saturated rings. The molecule has 0 bridgehead atoms. The van der Waals surface area contributed by atoms with Crippen molar-refractivity contribution < 1.29 is 66.5 Å². The number of quaternary nitrogens is 2. The van der Waals surface area contributed by atoms with Crippen LogP contribution in [-0.4, -0.2) is 76.3 Å². The van der Waals surface area contributed by atoms with Crippen LogP contribution in [0.5, 0.6) is 5.75 Å². The molecule has 0 aliphatic carbocycles. The summed E-state index contributed by atoms with van der Waals surface area (Å²) < 4.78 is 7.25. The number of ether oxygens (including phenoxy) is 1. The Morgan fingerprint density at radius 1 is 0.917 bits per heavy atom. The Bertz CT molecular complexity index is 501. The van der Waals surface area contributed by atoms with E-state index >= 15 is 0 Å². The maximum absolute atomic E-state index is 12.0. The molecule has 1 amide bonds. The van der Waals surface area contributed by atoms with E-state index < -0.39 is 0 Å². The molecule has 7 heteroatoms. The molecule has 0 saturated heterocycles. The fourth-order valence-electron chi connectivity index (χ4n) is 2.22. The number of carbonyl (C=O) groups excluding carboxylic acids is 1. The van der Waals surface area contributed by atoms with E-state index in [2.05, 4.69) is 42.3 Å². The lowest BCUT2D eigenvalue weighted by molar-refractivity contribution is -0.884. The Balaban J connectivity index is 0. The van der Waals surface area contributed by atoms with Crippen molar-refractivity contribution in [2.75, 3.05) is 56.4 Å². The third kappa shape index (κ3) is 9.38. The van der Waals surface area contributed by atoms with Crippen LogP contribution in [0.15, 0.2) is 18.2 Å². The maximum atomic E-state index is 12.0. The first-order chi connectivity index (χ1) is 9.89. The van der Waals surface area contributed by atoms with Crippen molar-refractivity contribution >= 4 is 6.09 Å². The summed E-state index contributed by atoms with van der Waals surface area (Å²) in [6.07, 6.45) is -0.337. The molecular weight excluding hydrogens is 532 g/mol. The second-order valence-electron chi connectivity index (χ2n) is 8.06. The van der Waals surface area contributed by atoms with Crippen LogP contribution in [0.25, 0.3) is 0 Å². The van der Waals surface area contributed by atoms with Crippen LogP contribution in [0.1, 0.15) is 11.1 Å². The van der Waals surface area contributed by atoms with Crippen molar-refractivity contribution in [1.29, 1.82) is 0 Å². The van der Waals surface area contributed by atoms with Crippen LogP contribution in [-0.2, 0) is 13.1 Å². The van der Waals surface area contributed by atoms with Crippen LogP contribution in [0.4, 0.5) is 4.79 Å². The molecule has 0 heterocycles. The first kappa shape index (κ1) is 26.1. The molecular formula is C17H31I2N3O2. The van der Waals surface area contributed by atoms with Gasteiger partial charge in [0.15, 0.2) is 0 Å².